The van der Waals surface area contributed by atoms with Gasteiger partial charge >= 0.3 is 0 Å². The van der Waals surface area contributed by atoms with Gasteiger partial charge in [-0.3, -0.25) is 9.59 Å². The summed E-state index contributed by atoms with van der Waals surface area (Å²) in [6.07, 6.45) is 0. The van der Waals surface area contributed by atoms with Crippen LogP contribution in [-0.2, 0) is 11.3 Å². The van der Waals surface area contributed by atoms with Crippen molar-refractivity contribution in [3.05, 3.63) is 83.9 Å². The number of para-hydroxylation sites is 1. The van der Waals surface area contributed by atoms with Gasteiger partial charge < -0.3 is 24.8 Å². The van der Waals surface area contributed by atoms with Crippen LogP contribution in [0.25, 0.3) is 0 Å². The summed E-state index contributed by atoms with van der Waals surface area (Å²) < 4.78 is 16.8. The van der Waals surface area contributed by atoms with Crippen LogP contribution in [0.4, 0.5) is 5.69 Å². The first-order chi connectivity index (χ1) is 16.1. The van der Waals surface area contributed by atoms with E-state index in [-0.39, 0.29) is 18.4 Å². The fourth-order valence-electron chi connectivity index (χ4n) is 3.13. The zero-order chi connectivity index (χ0) is 23.5. The van der Waals surface area contributed by atoms with Crippen LogP contribution in [0.5, 0.6) is 17.2 Å². The average Bonchev–Trinajstić information content (AvgIpc) is 2.84. The molecule has 0 aliphatic carbocycles. The molecule has 0 radical (unpaired) electrons. The van der Waals surface area contributed by atoms with Crippen LogP contribution in [0.3, 0.4) is 0 Å². The molecule has 172 valence electrons. The van der Waals surface area contributed by atoms with Crippen molar-refractivity contribution in [1.82, 2.24) is 5.32 Å². The Hall–Kier alpha value is -4.00. The Kier molecular flexibility index (Phi) is 8.71. The van der Waals surface area contributed by atoms with Crippen molar-refractivity contribution in [2.24, 2.45) is 0 Å². The first-order valence-corrected chi connectivity index (χ1v) is 10.8. The smallest absolute Gasteiger partial charge is 0.262 e. The highest BCUT2D eigenvalue weighted by Crippen LogP contribution is 2.29. The Morgan fingerprint density at radius 1 is 0.788 bits per heavy atom. The topological polar surface area (TPSA) is 85.9 Å². The Labute approximate surface area is 193 Å². The van der Waals surface area contributed by atoms with E-state index in [0.717, 1.165) is 5.56 Å². The lowest BCUT2D eigenvalue weighted by Crippen LogP contribution is -2.25. The molecule has 0 fully saturated rings. The fraction of sp³-hybridized carbons (Fsp3) is 0.231. The van der Waals surface area contributed by atoms with Crippen LogP contribution < -0.4 is 24.8 Å². The molecule has 0 aromatic heterocycles. The van der Waals surface area contributed by atoms with Gasteiger partial charge in [0, 0.05) is 12.6 Å². The molecule has 7 nitrogen and oxygen atoms in total. The van der Waals surface area contributed by atoms with Crippen LogP contribution in [0.2, 0.25) is 0 Å². The van der Waals surface area contributed by atoms with E-state index in [1.165, 1.54) is 0 Å². The minimum Gasteiger partial charge on any atom is -0.494 e. The summed E-state index contributed by atoms with van der Waals surface area (Å²) in [5.74, 6) is 0.820. The van der Waals surface area contributed by atoms with E-state index in [9.17, 15) is 9.59 Å². The van der Waals surface area contributed by atoms with E-state index in [0.29, 0.717) is 48.3 Å². The molecule has 0 saturated carbocycles. The van der Waals surface area contributed by atoms with Gasteiger partial charge in [0.05, 0.1) is 24.5 Å². The molecule has 0 unspecified atom stereocenters. The van der Waals surface area contributed by atoms with Crippen LogP contribution >= 0.6 is 0 Å². The first-order valence-electron chi connectivity index (χ1n) is 10.8. The Balaban J connectivity index is 1.63. The molecule has 33 heavy (non-hydrogen) atoms. The summed E-state index contributed by atoms with van der Waals surface area (Å²) >= 11 is 0. The molecule has 7 heteroatoms. The van der Waals surface area contributed by atoms with Gasteiger partial charge in [-0.15, -0.1) is 0 Å². The molecular formula is C26H28N2O5. The van der Waals surface area contributed by atoms with Crippen LogP contribution in [-0.4, -0.2) is 31.6 Å². The third kappa shape index (κ3) is 7.00. The Morgan fingerprint density at radius 3 is 2.27 bits per heavy atom. The number of rotatable bonds is 11. The molecule has 2 N–H and O–H groups in total. The zero-order valence-electron chi connectivity index (χ0n) is 18.8. The second-order valence-corrected chi connectivity index (χ2v) is 7.03. The molecule has 3 rings (SSSR count). The molecule has 0 aliphatic rings. The fourth-order valence-corrected chi connectivity index (χ4v) is 3.13. The predicted octanol–water partition coefficient (Wildman–Crippen LogP) is 4.43. The number of anilines is 1. The lowest BCUT2D eigenvalue weighted by Gasteiger charge is -2.15. The van der Waals surface area contributed by atoms with Gasteiger partial charge in [0.15, 0.2) is 6.61 Å². The van der Waals surface area contributed by atoms with Gasteiger partial charge in [0.1, 0.15) is 17.2 Å². The normalized spacial score (nSPS) is 10.2. The number of amides is 2. The lowest BCUT2D eigenvalue weighted by atomic mass is 10.1. The summed E-state index contributed by atoms with van der Waals surface area (Å²) in [6, 6.07) is 21.7. The largest absolute Gasteiger partial charge is 0.494 e. The van der Waals surface area contributed by atoms with Gasteiger partial charge in [-0.1, -0.05) is 42.5 Å². The van der Waals surface area contributed by atoms with E-state index in [1.54, 1.807) is 42.5 Å². The molecule has 0 atom stereocenters. The van der Waals surface area contributed by atoms with E-state index in [1.807, 2.05) is 44.2 Å². The summed E-state index contributed by atoms with van der Waals surface area (Å²) in [6.45, 7) is 4.84. The van der Waals surface area contributed by atoms with Crippen molar-refractivity contribution in [3.8, 4) is 17.2 Å². The van der Waals surface area contributed by atoms with Crippen molar-refractivity contribution in [2.45, 2.75) is 20.4 Å². The number of hydrogen-bond donors (Lipinski definition) is 2. The molecule has 0 aliphatic heterocycles. The van der Waals surface area contributed by atoms with Crippen LogP contribution in [0.1, 0.15) is 29.8 Å². The highest BCUT2D eigenvalue weighted by Gasteiger charge is 2.15. The van der Waals surface area contributed by atoms with Crippen molar-refractivity contribution < 1.29 is 23.8 Å². The molecular weight excluding hydrogens is 420 g/mol. The minimum atomic E-state index is -0.385. The molecule has 2 amide bonds. The second-order valence-electron chi connectivity index (χ2n) is 7.03. The zero-order valence-corrected chi connectivity index (χ0v) is 18.8. The number of nitrogens with one attached hydrogen (secondary N) is 2. The molecule has 3 aromatic carbocycles. The number of carbonyl (C=O) groups excluding carboxylic acids is 2. The van der Waals surface area contributed by atoms with Crippen molar-refractivity contribution in [1.29, 1.82) is 0 Å². The molecule has 0 bridgehead atoms. The van der Waals surface area contributed by atoms with Crippen LogP contribution in [0.15, 0.2) is 72.8 Å². The standard InChI is InChI=1S/C26H28N2O5/c1-3-31-20-14-15-24(32-4-2)22(16-20)28-25(29)18-33-23-13-9-8-12-21(23)26(30)27-17-19-10-6-5-7-11-19/h5-16H,3-4,17-18H2,1-2H3,(H,27,30)(H,28,29). The maximum atomic E-state index is 12.7. The lowest BCUT2D eigenvalue weighted by molar-refractivity contribution is -0.118. The summed E-state index contributed by atoms with van der Waals surface area (Å²) in [5, 5.41) is 5.66. The maximum Gasteiger partial charge on any atom is 0.262 e. The van der Waals surface area contributed by atoms with E-state index in [4.69, 9.17) is 14.2 Å². The minimum absolute atomic E-state index is 0.270. The van der Waals surface area contributed by atoms with Gasteiger partial charge in [-0.25, -0.2) is 0 Å². The van der Waals surface area contributed by atoms with Crippen molar-refractivity contribution in [3.63, 3.8) is 0 Å². The summed E-state index contributed by atoms with van der Waals surface area (Å²) in [5.41, 5.74) is 1.84. The van der Waals surface area contributed by atoms with Crippen molar-refractivity contribution in [2.75, 3.05) is 25.1 Å². The van der Waals surface area contributed by atoms with Crippen molar-refractivity contribution >= 4 is 17.5 Å². The second kappa shape index (κ2) is 12.1. The molecule has 3 aromatic rings. The quantitative estimate of drug-likeness (QED) is 0.453. The first kappa shape index (κ1) is 23.7. The van der Waals surface area contributed by atoms with E-state index in [2.05, 4.69) is 10.6 Å². The number of hydrogen-bond acceptors (Lipinski definition) is 5. The average molecular weight is 449 g/mol. The summed E-state index contributed by atoms with van der Waals surface area (Å²) in [4.78, 5) is 25.2. The third-order valence-electron chi connectivity index (χ3n) is 4.62. The molecule has 0 saturated heterocycles. The van der Waals surface area contributed by atoms with Gasteiger partial charge in [0.2, 0.25) is 0 Å². The number of ether oxygens (including phenoxy) is 3. The Bertz CT molecular complexity index is 1070. The SMILES string of the molecule is CCOc1ccc(OCC)c(NC(=O)COc2ccccc2C(=O)NCc2ccccc2)c1. The highest BCUT2D eigenvalue weighted by molar-refractivity contribution is 5.97. The predicted molar refractivity (Wildman–Crippen MR) is 127 cm³/mol. The summed E-state index contributed by atoms with van der Waals surface area (Å²) in [7, 11) is 0. The van der Waals surface area contributed by atoms with Gasteiger partial charge in [-0.05, 0) is 43.7 Å². The van der Waals surface area contributed by atoms with Gasteiger partial charge in [0.25, 0.3) is 11.8 Å². The van der Waals surface area contributed by atoms with Crippen LogP contribution in [0, 0.1) is 0 Å². The van der Waals surface area contributed by atoms with E-state index < -0.39 is 0 Å². The van der Waals surface area contributed by atoms with E-state index >= 15 is 0 Å². The molecule has 0 heterocycles. The monoisotopic (exact) mass is 448 g/mol. The maximum absolute atomic E-state index is 12.7. The third-order valence-corrected chi connectivity index (χ3v) is 4.62. The number of benzene rings is 3. The number of carbonyl (C=O) groups is 2. The van der Waals surface area contributed by atoms with Gasteiger partial charge in [-0.2, -0.15) is 0 Å². The highest BCUT2D eigenvalue weighted by atomic mass is 16.5. The Morgan fingerprint density at radius 2 is 1.52 bits per heavy atom. The molecule has 0 spiro atoms.